The smallest absolute Gasteiger partial charge is 0.266 e. The lowest BCUT2D eigenvalue weighted by molar-refractivity contribution is 0.0701. The quantitative estimate of drug-likeness (QED) is 0.883. The Hall–Kier alpha value is -2.88. The molecule has 0 unspecified atom stereocenters. The van der Waals surface area contributed by atoms with Gasteiger partial charge in [0.2, 0.25) is 0 Å². The van der Waals surface area contributed by atoms with Crippen molar-refractivity contribution in [1.82, 2.24) is 19.4 Å². The lowest BCUT2D eigenvalue weighted by atomic mass is 9.85. The van der Waals surface area contributed by atoms with Gasteiger partial charge in [-0.15, -0.1) is 0 Å². The second-order valence-corrected chi connectivity index (χ2v) is 7.99. The molecule has 2 aromatic heterocycles. The van der Waals surface area contributed by atoms with Crippen LogP contribution in [-0.2, 0) is 6.54 Å². The summed E-state index contributed by atoms with van der Waals surface area (Å²) in [7, 11) is 0. The maximum absolute atomic E-state index is 13.1. The summed E-state index contributed by atoms with van der Waals surface area (Å²) in [6, 6.07) is 3.27. The number of hydrogen-bond acceptors (Lipinski definition) is 4. The van der Waals surface area contributed by atoms with Crippen LogP contribution in [-0.4, -0.2) is 38.4 Å². The molecular weight excluding hydrogens is 354 g/mol. The highest BCUT2D eigenvalue weighted by Gasteiger charge is 2.30. The minimum atomic E-state index is -0.453. The van der Waals surface area contributed by atoms with E-state index in [0.717, 1.165) is 31.1 Å². The first-order valence-electron chi connectivity index (χ1n) is 10.0. The molecule has 28 heavy (non-hydrogen) atoms. The zero-order valence-electron chi connectivity index (χ0n) is 16.1. The number of hydrogen-bond donors (Lipinski definition) is 1. The third kappa shape index (κ3) is 3.47. The van der Waals surface area contributed by atoms with Gasteiger partial charge in [0.1, 0.15) is 17.5 Å². The van der Waals surface area contributed by atoms with Crippen molar-refractivity contribution in [2.24, 2.45) is 5.92 Å². The van der Waals surface area contributed by atoms with Gasteiger partial charge in [0, 0.05) is 43.6 Å². The number of piperidine rings is 1. The molecule has 1 aliphatic heterocycles. The van der Waals surface area contributed by atoms with Crippen molar-refractivity contribution in [2.45, 2.75) is 51.5 Å². The average Bonchev–Trinajstić information content (AvgIpc) is 3.13. The first-order chi connectivity index (χ1) is 13.6. The Labute approximate surface area is 164 Å². The van der Waals surface area contributed by atoms with E-state index in [2.05, 4.69) is 20.7 Å². The van der Waals surface area contributed by atoms with E-state index in [1.54, 1.807) is 6.92 Å². The standard InChI is InChI=1S/C21H25N5O2/c1-14-18(10-17(11-22)20(27)24-14)21(28)26-8-3-6-16(13-26)19-23-7-9-25(19)12-15-4-2-5-15/h7,9-10,15-16H,2-6,8,12-13H2,1H3,(H,24,27)/t16-/m0/s1. The highest BCUT2D eigenvalue weighted by atomic mass is 16.2. The predicted octanol–water partition coefficient (Wildman–Crippen LogP) is 2.57. The SMILES string of the molecule is Cc1[nH]c(=O)c(C#N)cc1C(=O)N1CCC[C@H](c2nccn2CC2CCC2)C1. The monoisotopic (exact) mass is 379 g/mol. The Morgan fingerprint density at radius 1 is 1.36 bits per heavy atom. The number of carbonyl (C=O) groups excluding carboxylic acids is 1. The Kier molecular flexibility index (Phi) is 5.03. The molecule has 2 aliphatic rings. The second-order valence-electron chi connectivity index (χ2n) is 7.99. The fourth-order valence-corrected chi connectivity index (χ4v) is 4.26. The molecular formula is C21H25N5O2. The Balaban J connectivity index is 1.53. The number of nitrogens with one attached hydrogen (secondary N) is 1. The number of H-pyrrole nitrogens is 1. The van der Waals surface area contributed by atoms with E-state index < -0.39 is 5.56 Å². The molecule has 1 aliphatic carbocycles. The number of likely N-dealkylation sites (tertiary alicyclic amines) is 1. The molecule has 7 heteroatoms. The van der Waals surface area contributed by atoms with E-state index in [-0.39, 0.29) is 17.4 Å². The number of nitriles is 1. The van der Waals surface area contributed by atoms with Crippen LogP contribution in [0.5, 0.6) is 0 Å². The molecule has 1 amide bonds. The molecule has 0 aromatic carbocycles. The molecule has 2 fully saturated rings. The first-order valence-corrected chi connectivity index (χ1v) is 10.0. The zero-order chi connectivity index (χ0) is 19.7. The van der Waals surface area contributed by atoms with Crippen LogP contribution in [0.4, 0.5) is 0 Å². The summed E-state index contributed by atoms with van der Waals surface area (Å²) >= 11 is 0. The van der Waals surface area contributed by atoms with Crippen LogP contribution in [0.15, 0.2) is 23.3 Å². The van der Waals surface area contributed by atoms with Crippen molar-refractivity contribution >= 4 is 5.91 Å². The normalized spacial score (nSPS) is 19.9. The summed E-state index contributed by atoms with van der Waals surface area (Å²) in [6.45, 7) is 4.01. The molecule has 0 bridgehead atoms. The van der Waals surface area contributed by atoms with Gasteiger partial charge < -0.3 is 14.5 Å². The van der Waals surface area contributed by atoms with Crippen molar-refractivity contribution in [1.29, 1.82) is 5.26 Å². The van der Waals surface area contributed by atoms with E-state index in [9.17, 15) is 9.59 Å². The van der Waals surface area contributed by atoms with Crippen molar-refractivity contribution in [2.75, 3.05) is 13.1 Å². The summed E-state index contributed by atoms with van der Waals surface area (Å²) in [5, 5.41) is 9.11. The number of aromatic nitrogens is 3. The third-order valence-corrected chi connectivity index (χ3v) is 6.09. The first kappa shape index (κ1) is 18.5. The molecule has 0 radical (unpaired) electrons. The van der Waals surface area contributed by atoms with Gasteiger partial charge in [0.15, 0.2) is 0 Å². The zero-order valence-corrected chi connectivity index (χ0v) is 16.1. The van der Waals surface area contributed by atoms with Gasteiger partial charge >= 0.3 is 0 Å². The van der Waals surface area contributed by atoms with Crippen molar-refractivity contribution in [3.63, 3.8) is 0 Å². The molecule has 1 saturated heterocycles. The minimum Gasteiger partial charge on any atom is -0.338 e. The second kappa shape index (κ2) is 7.63. The van der Waals surface area contributed by atoms with Crippen LogP contribution in [0.1, 0.15) is 65.5 Å². The molecule has 3 heterocycles. The fraction of sp³-hybridized carbons (Fsp3) is 0.524. The maximum atomic E-state index is 13.1. The van der Waals surface area contributed by atoms with Gasteiger partial charge in [-0.1, -0.05) is 6.42 Å². The Morgan fingerprint density at radius 2 is 2.18 bits per heavy atom. The van der Waals surface area contributed by atoms with Crippen LogP contribution < -0.4 is 5.56 Å². The highest BCUT2D eigenvalue weighted by molar-refractivity contribution is 5.95. The topological polar surface area (TPSA) is 94.8 Å². The summed E-state index contributed by atoms with van der Waals surface area (Å²) in [4.78, 5) is 33.9. The summed E-state index contributed by atoms with van der Waals surface area (Å²) < 4.78 is 2.27. The number of rotatable bonds is 4. The van der Waals surface area contributed by atoms with Crippen LogP contribution in [0.25, 0.3) is 0 Å². The predicted molar refractivity (Wildman–Crippen MR) is 104 cm³/mol. The fourth-order valence-electron chi connectivity index (χ4n) is 4.26. The maximum Gasteiger partial charge on any atom is 0.266 e. The van der Waals surface area contributed by atoms with Gasteiger partial charge in [-0.25, -0.2) is 4.98 Å². The van der Waals surface area contributed by atoms with Crippen LogP contribution >= 0.6 is 0 Å². The van der Waals surface area contributed by atoms with Gasteiger partial charge in [0.25, 0.3) is 11.5 Å². The van der Waals surface area contributed by atoms with Gasteiger partial charge in [0.05, 0.1) is 5.56 Å². The number of pyridine rings is 1. The third-order valence-electron chi connectivity index (χ3n) is 6.09. The van der Waals surface area contributed by atoms with Crippen molar-refractivity contribution in [3.8, 4) is 6.07 Å². The van der Waals surface area contributed by atoms with E-state index in [4.69, 9.17) is 5.26 Å². The van der Waals surface area contributed by atoms with Gasteiger partial charge in [-0.3, -0.25) is 9.59 Å². The largest absolute Gasteiger partial charge is 0.338 e. The molecule has 7 nitrogen and oxygen atoms in total. The van der Waals surface area contributed by atoms with Crippen LogP contribution in [0.3, 0.4) is 0 Å². The molecule has 0 spiro atoms. The minimum absolute atomic E-state index is 0.0291. The molecule has 2 aromatic rings. The Bertz CT molecular complexity index is 979. The number of imidazole rings is 1. The Morgan fingerprint density at radius 3 is 2.89 bits per heavy atom. The number of nitrogens with zero attached hydrogens (tertiary/aromatic N) is 4. The number of amides is 1. The number of aromatic amines is 1. The summed E-state index contributed by atoms with van der Waals surface area (Å²) in [6.07, 6.45) is 9.75. The molecule has 146 valence electrons. The van der Waals surface area contributed by atoms with E-state index >= 15 is 0 Å². The number of aryl methyl sites for hydroxylation is 1. The molecule has 1 N–H and O–H groups in total. The highest BCUT2D eigenvalue weighted by Crippen LogP contribution is 2.31. The summed E-state index contributed by atoms with van der Waals surface area (Å²) in [5.74, 6) is 1.90. The average molecular weight is 379 g/mol. The molecule has 1 saturated carbocycles. The van der Waals surface area contributed by atoms with Crippen molar-refractivity contribution < 1.29 is 4.79 Å². The van der Waals surface area contributed by atoms with Crippen LogP contribution in [0, 0.1) is 24.2 Å². The summed E-state index contributed by atoms with van der Waals surface area (Å²) in [5.41, 5.74) is 0.418. The van der Waals surface area contributed by atoms with E-state index in [1.807, 2.05) is 17.2 Å². The number of carbonyl (C=O) groups is 1. The van der Waals surface area contributed by atoms with Gasteiger partial charge in [-0.2, -0.15) is 5.26 Å². The molecule has 4 rings (SSSR count). The van der Waals surface area contributed by atoms with E-state index in [1.165, 1.54) is 25.3 Å². The van der Waals surface area contributed by atoms with Crippen LogP contribution in [0.2, 0.25) is 0 Å². The molecule has 1 atom stereocenters. The van der Waals surface area contributed by atoms with Gasteiger partial charge in [-0.05, 0) is 44.6 Å². The van der Waals surface area contributed by atoms with Crippen molar-refractivity contribution in [3.05, 3.63) is 51.5 Å². The van der Waals surface area contributed by atoms with E-state index in [0.29, 0.717) is 24.3 Å². The lowest BCUT2D eigenvalue weighted by Gasteiger charge is -2.34. The lowest BCUT2D eigenvalue weighted by Crippen LogP contribution is -2.40.